The van der Waals surface area contributed by atoms with E-state index >= 15 is 0 Å². The van der Waals surface area contributed by atoms with Gasteiger partial charge in [0.1, 0.15) is 12.1 Å². The monoisotopic (exact) mass is 369 g/mol. The Bertz CT molecular complexity index is 962. The van der Waals surface area contributed by atoms with Crippen molar-refractivity contribution in [1.29, 1.82) is 0 Å². The molecule has 9 nitrogen and oxygen atoms in total. The number of carbonyl (C=O) groups is 2. The summed E-state index contributed by atoms with van der Waals surface area (Å²) in [5.74, 6) is -0.352. The summed E-state index contributed by atoms with van der Waals surface area (Å²) in [5, 5.41) is 11.0. The zero-order chi connectivity index (χ0) is 19.4. The van der Waals surface area contributed by atoms with Gasteiger partial charge in [-0.25, -0.2) is 9.48 Å². The van der Waals surface area contributed by atoms with Crippen LogP contribution in [0.3, 0.4) is 0 Å². The number of esters is 1. The number of benzene rings is 1. The number of aromatic nitrogens is 5. The number of tetrazole rings is 1. The molecule has 0 aliphatic heterocycles. The van der Waals surface area contributed by atoms with Crippen LogP contribution in [0.4, 0.5) is 0 Å². The van der Waals surface area contributed by atoms with Crippen LogP contribution >= 0.6 is 0 Å². The molecule has 0 fully saturated rings. The number of nitrogens with one attached hydrogen (secondary N) is 1. The first-order valence-corrected chi connectivity index (χ1v) is 8.37. The summed E-state index contributed by atoms with van der Waals surface area (Å²) in [6.07, 6.45) is 1.46. The number of H-pyrrole nitrogens is 1. The molecular weight excluding hydrogens is 350 g/mol. The molecule has 0 unspecified atom stereocenters. The summed E-state index contributed by atoms with van der Waals surface area (Å²) in [7, 11) is 0. The quantitative estimate of drug-likeness (QED) is 0.501. The van der Waals surface area contributed by atoms with Gasteiger partial charge in [0.25, 0.3) is 0 Å². The summed E-state index contributed by atoms with van der Waals surface area (Å²) in [5.41, 5.74) is 2.44. The largest absolute Gasteiger partial charge is 0.485 e. The van der Waals surface area contributed by atoms with Gasteiger partial charge in [0.2, 0.25) is 5.78 Å². The molecular formula is C18H19N5O4. The number of aromatic amines is 1. The smallest absolute Gasteiger partial charge is 0.340 e. The van der Waals surface area contributed by atoms with Crippen molar-refractivity contribution in [2.45, 2.75) is 20.8 Å². The van der Waals surface area contributed by atoms with E-state index in [1.807, 2.05) is 6.07 Å². The first-order chi connectivity index (χ1) is 13.0. The molecule has 0 atom stereocenters. The van der Waals surface area contributed by atoms with Crippen molar-refractivity contribution in [2.75, 3.05) is 13.2 Å². The second-order valence-electron chi connectivity index (χ2n) is 5.81. The highest BCUT2D eigenvalue weighted by Crippen LogP contribution is 2.21. The Morgan fingerprint density at radius 1 is 1.19 bits per heavy atom. The van der Waals surface area contributed by atoms with Crippen LogP contribution in [0.25, 0.3) is 5.69 Å². The lowest BCUT2D eigenvalue weighted by molar-refractivity contribution is 0.0522. The maximum atomic E-state index is 12.7. The fraction of sp³-hybridized carbons (Fsp3) is 0.278. The molecule has 0 saturated heterocycles. The summed E-state index contributed by atoms with van der Waals surface area (Å²) >= 11 is 0. The van der Waals surface area contributed by atoms with Crippen LogP contribution in [0.5, 0.6) is 5.75 Å². The molecule has 0 radical (unpaired) electrons. The number of nitrogens with zero attached hydrogens (tertiary/aromatic N) is 4. The van der Waals surface area contributed by atoms with E-state index in [9.17, 15) is 9.59 Å². The van der Waals surface area contributed by atoms with Gasteiger partial charge in [0, 0.05) is 17.5 Å². The van der Waals surface area contributed by atoms with Crippen LogP contribution in [0.2, 0.25) is 0 Å². The molecule has 2 heterocycles. The second kappa shape index (κ2) is 7.81. The summed E-state index contributed by atoms with van der Waals surface area (Å²) < 4.78 is 12.2. The van der Waals surface area contributed by atoms with Crippen LogP contribution < -0.4 is 4.74 Å². The lowest BCUT2D eigenvalue weighted by Gasteiger charge is -2.09. The molecule has 1 aromatic carbocycles. The van der Waals surface area contributed by atoms with E-state index in [-0.39, 0.29) is 24.6 Å². The van der Waals surface area contributed by atoms with E-state index in [0.29, 0.717) is 28.4 Å². The predicted molar refractivity (Wildman–Crippen MR) is 95.2 cm³/mol. The fourth-order valence-electron chi connectivity index (χ4n) is 2.80. The topological polar surface area (TPSA) is 112 Å². The maximum Gasteiger partial charge on any atom is 0.340 e. The molecule has 3 aromatic rings. The van der Waals surface area contributed by atoms with Gasteiger partial charge in [-0.1, -0.05) is 6.07 Å². The minimum atomic E-state index is -0.525. The van der Waals surface area contributed by atoms with Gasteiger partial charge < -0.3 is 14.5 Å². The van der Waals surface area contributed by atoms with Gasteiger partial charge >= 0.3 is 5.97 Å². The van der Waals surface area contributed by atoms with E-state index in [1.54, 1.807) is 39.0 Å². The number of ether oxygens (including phenoxy) is 2. The molecule has 0 bridgehead atoms. The standard InChI is InChI=1S/C18H19N5O4/c1-4-26-18(25)17-12(3)20-11(2)16(17)15(24)9-27-14-7-5-6-13(8-14)23-10-19-21-22-23/h5-8,10,20H,4,9H2,1-3H3. The maximum absolute atomic E-state index is 12.7. The van der Waals surface area contributed by atoms with Crippen LogP contribution in [0, 0.1) is 13.8 Å². The number of hydrogen-bond donors (Lipinski definition) is 1. The lowest BCUT2D eigenvalue weighted by Crippen LogP contribution is -2.17. The van der Waals surface area contributed by atoms with Crippen molar-refractivity contribution in [3.05, 3.63) is 53.1 Å². The number of ketones is 1. The summed E-state index contributed by atoms with van der Waals surface area (Å²) in [4.78, 5) is 27.9. The Labute approximate surface area is 155 Å². The average Bonchev–Trinajstić information content (AvgIpc) is 3.28. The summed E-state index contributed by atoms with van der Waals surface area (Å²) in [6, 6.07) is 7.02. The minimum Gasteiger partial charge on any atom is -0.485 e. The number of hydrogen-bond acceptors (Lipinski definition) is 7. The number of carbonyl (C=O) groups excluding carboxylic acids is 2. The SMILES string of the molecule is CCOC(=O)c1c(C)[nH]c(C)c1C(=O)COc1cccc(-n2cnnn2)c1. The van der Waals surface area contributed by atoms with Crippen molar-refractivity contribution < 1.29 is 19.1 Å². The van der Waals surface area contributed by atoms with Crippen molar-refractivity contribution in [3.63, 3.8) is 0 Å². The Morgan fingerprint density at radius 2 is 1.96 bits per heavy atom. The predicted octanol–water partition coefficient (Wildman–Crippen LogP) is 2.05. The molecule has 140 valence electrons. The van der Waals surface area contributed by atoms with Crippen LogP contribution in [0.15, 0.2) is 30.6 Å². The third-order valence-electron chi connectivity index (χ3n) is 3.93. The first kappa shape index (κ1) is 18.3. The molecule has 2 aromatic heterocycles. The normalized spacial score (nSPS) is 10.6. The Hall–Kier alpha value is -3.49. The third kappa shape index (κ3) is 3.86. The van der Waals surface area contributed by atoms with Gasteiger partial charge in [0.05, 0.1) is 23.4 Å². The molecule has 0 saturated carbocycles. The van der Waals surface area contributed by atoms with E-state index in [2.05, 4.69) is 20.5 Å². The number of Topliss-reactive ketones (excluding diaryl/α,β-unsaturated/α-hetero) is 1. The van der Waals surface area contributed by atoms with Crippen molar-refractivity contribution in [1.82, 2.24) is 25.2 Å². The number of rotatable bonds is 7. The Morgan fingerprint density at radius 3 is 2.67 bits per heavy atom. The molecule has 0 aliphatic carbocycles. The highest BCUT2D eigenvalue weighted by molar-refractivity contribution is 6.08. The van der Waals surface area contributed by atoms with Gasteiger partial charge in [0.15, 0.2) is 6.61 Å². The molecule has 27 heavy (non-hydrogen) atoms. The molecule has 3 rings (SSSR count). The van der Waals surface area contributed by atoms with E-state index < -0.39 is 5.97 Å². The molecule has 0 amide bonds. The highest BCUT2D eigenvalue weighted by atomic mass is 16.5. The van der Waals surface area contributed by atoms with Gasteiger partial charge in [-0.05, 0) is 43.3 Å². The Kier molecular flexibility index (Phi) is 5.30. The van der Waals surface area contributed by atoms with Crippen LogP contribution in [0.1, 0.15) is 39.0 Å². The zero-order valence-electron chi connectivity index (χ0n) is 15.2. The summed E-state index contributed by atoms with van der Waals surface area (Å²) in [6.45, 7) is 5.20. The van der Waals surface area contributed by atoms with E-state index in [1.165, 1.54) is 11.0 Å². The van der Waals surface area contributed by atoms with E-state index in [0.717, 1.165) is 0 Å². The highest BCUT2D eigenvalue weighted by Gasteiger charge is 2.25. The van der Waals surface area contributed by atoms with E-state index in [4.69, 9.17) is 9.47 Å². The third-order valence-corrected chi connectivity index (χ3v) is 3.93. The lowest BCUT2D eigenvalue weighted by atomic mass is 10.1. The molecule has 0 aliphatic rings. The second-order valence-corrected chi connectivity index (χ2v) is 5.81. The molecule has 0 spiro atoms. The van der Waals surface area contributed by atoms with Crippen molar-refractivity contribution in [3.8, 4) is 11.4 Å². The average molecular weight is 369 g/mol. The van der Waals surface area contributed by atoms with Crippen LogP contribution in [-0.2, 0) is 4.74 Å². The first-order valence-electron chi connectivity index (χ1n) is 8.37. The Balaban J connectivity index is 1.77. The number of aryl methyl sites for hydroxylation is 2. The van der Waals surface area contributed by atoms with Gasteiger partial charge in [-0.3, -0.25) is 4.79 Å². The van der Waals surface area contributed by atoms with Gasteiger partial charge in [-0.15, -0.1) is 5.10 Å². The molecule has 9 heteroatoms. The minimum absolute atomic E-state index is 0.219. The zero-order valence-corrected chi connectivity index (χ0v) is 15.2. The van der Waals surface area contributed by atoms with Crippen LogP contribution in [-0.4, -0.2) is 50.2 Å². The molecule has 1 N–H and O–H groups in total. The fourth-order valence-corrected chi connectivity index (χ4v) is 2.80. The van der Waals surface area contributed by atoms with Crippen molar-refractivity contribution in [2.24, 2.45) is 0 Å². The van der Waals surface area contributed by atoms with Crippen molar-refractivity contribution >= 4 is 11.8 Å². The van der Waals surface area contributed by atoms with Gasteiger partial charge in [-0.2, -0.15) is 0 Å².